The first-order valence-corrected chi connectivity index (χ1v) is 6.92. The number of carbonyl (C=O) groups is 3. The molecule has 1 aliphatic rings. The van der Waals surface area contributed by atoms with Gasteiger partial charge in [0.15, 0.2) is 0 Å². The minimum Gasteiger partial charge on any atom is -0.366 e. The number of rotatable bonds is 4. The number of benzene rings is 2. The topological polar surface area (TPSA) is 80.5 Å². The van der Waals surface area contributed by atoms with Gasteiger partial charge in [-0.05, 0) is 30.2 Å². The number of primary amides is 1. The van der Waals surface area contributed by atoms with Gasteiger partial charge in [0.2, 0.25) is 5.91 Å². The predicted octanol–water partition coefficient (Wildman–Crippen LogP) is 1.62. The predicted molar refractivity (Wildman–Crippen MR) is 80.5 cm³/mol. The average Bonchev–Trinajstić information content (AvgIpc) is 2.77. The second-order valence-corrected chi connectivity index (χ2v) is 5.12. The van der Waals surface area contributed by atoms with Crippen LogP contribution in [0.2, 0.25) is 0 Å². The van der Waals surface area contributed by atoms with Crippen LogP contribution in [0.3, 0.4) is 0 Å². The van der Waals surface area contributed by atoms with Gasteiger partial charge in [0.25, 0.3) is 11.8 Å². The Kier molecular flexibility index (Phi) is 3.47. The van der Waals surface area contributed by atoms with Crippen molar-refractivity contribution in [2.24, 2.45) is 5.73 Å². The summed E-state index contributed by atoms with van der Waals surface area (Å²) in [4.78, 5) is 37.1. The number of hydrogen-bond donors (Lipinski definition) is 1. The molecule has 110 valence electrons. The van der Waals surface area contributed by atoms with Crippen molar-refractivity contribution in [1.29, 1.82) is 0 Å². The van der Waals surface area contributed by atoms with Crippen molar-refractivity contribution in [2.45, 2.75) is 6.42 Å². The van der Waals surface area contributed by atoms with Gasteiger partial charge in [-0.3, -0.25) is 19.3 Å². The van der Waals surface area contributed by atoms with E-state index in [4.69, 9.17) is 5.73 Å². The molecular formula is C17H14N2O3. The molecule has 0 spiro atoms. The van der Waals surface area contributed by atoms with E-state index in [1.165, 1.54) is 23.1 Å². The average molecular weight is 294 g/mol. The molecule has 2 aromatic carbocycles. The van der Waals surface area contributed by atoms with Crippen LogP contribution in [0.4, 0.5) is 0 Å². The lowest BCUT2D eigenvalue weighted by molar-refractivity contribution is 0.0656. The summed E-state index contributed by atoms with van der Waals surface area (Å²) < 4.78 is 0. The van der Waals surface area contributed by atoms with Crippen molar-refractivity contribution in [1.82, 2.24) is 4.90 Å². The van der Waals surface area contributed by atoms with E-state index >= 15 is 0 Å². The third kappa shape index (κ3) is 2.37. The SMILES string of the molecule is NC(=O)c1ccc2c(c1)C(=O)N(CCc1ccccc1)C2=O. The number of amides is 3. The molecule has 0 atom stereocenters. The molecule has 0 fully saturated rings. The van der Waals surface area contributed by atoms with Gasteiger partial charge in [0.05, 0.1) is 11.1 Å². The van der Waals surface area contributed by atoms with Crippen molar-refractivity contribution < 1.29 is 14.4 Å². The summed E-state index contributed by atoms with van der Waals surface area (Å²) in [5, 5.41) is 0. The van der Waals surface area contributed by atoms with Gasteiger partial charge in [-0.2, -0.15) is 0 Å². The van der Waals surface area contributed by atoms with E-state index in [9.17, 15) is 14.4 Å². The fourth-order valence-electron chi connectivity index (χ4n) is 2.53. The molecule has 2 N–H and O–H groups in total. The number of nitrogens with zero attached hydrogens (tertiary/aromatic N) is 1. The smallest absolute Gasteiger partial charge is 0.261 e. The summed E-state index contributed by atoms with van der Waals surface area (Å²) in [5.74, 6) is -1.32. The maximum atomic E-state index is 12.4. The first-order valence-electron chi connectivity index (χ1n) is 6.92. The monoisotopic (exact) mass is 294 g/mol. The second-order valence-electron chi connectivity index (χ2n) is 5.12. The normalized spacial score (nSPS) is 13.4. The Morgan fingerprint density at radius 1 is 0.955 bits per heavy atom. The van der Waals surface area contributed by atoms with Crippen molar-refractivity contribution >= 4 is 17.7 Å². The number of imide groups is 1. The van der Waals surface area contributed by atoms with Crippen LogP contribution in [0.1, 0.15) is 36.6 Å². The van der Waals surface area contributed by atoms with Gasteiger partial charge in [-0.25, -0.2) is 0 Å². The zero-order valence-electron chi connectivity index (χ0n) is 11.8. The van der Waals surface area contributed by atoms with Crippen LogP contribution in [0.15, 0.2) is 48.5 Å². The van der Waals surface area contributed by atoms with Gasteiger partial charge in [0, 0.05) is 12.1 Å². The summed E-state index contributed by atoms with van der Waals surface area (Å²) in [6.07, 6.45) is 0.592. The molecule has 0 saturated carbocycles. The molecule has 3 rings (SSSR count). The number of hydrogen-bond acceptors (Lipinski definition) is 3. The van der Waals surface area contributed by atoms with Crippen molar-refractivity contribution in [2.75, 3.05) is 6.54 Å². The molecule has 5 nitrogen and oxygen atoms in total. The first kappa shape index (κ1) is 14.0. The summed E-state index contributed by atoms with van der Waals surface area (Å²) in [7, 11) is 0. The molecule has 3 amide bonds. The molecule has 0 unspecified atom stereocenters. The van der Waals surface area contributed by atoms with Gasteiger partial charge < -0.3 is 5.73 Å². The third-order valence-electron chi connectivity index (χ3n) is 3.72. The molecule has 0 bridgehead atoms. The number of fused-ring (bicyclic) bond motifs is 1. The minimum atomic E-state index is -0.620. The lowest BCUT2D eigenvalue weighted by Crippen LogP contribution is -2.31. The maximum Gasteiger partial charge on any atom is 0.261 e. The minimum absolute atomic E-state index is 0.227. The summed E-state index contributed by atoms with van der Waals surface area (Å²) >= 11 is 0. The van der Waals surface area contributed by atoms with E-state index in [1.807, 2.05) is 30.3 Å². The van der Waals surface area contributed by atoms with Crippen LogP contribution in [-0.4, -0.2) is 29.2 Å². The van der Waals surface area contributed by atoms with E-state index in [0.29, 0.717) is 18.5 Å². The molecule has 0 radical (unpaired) electrons. The van der Waals surface area contributed by atoms with Gasteiger partial charge in [-0.15, -0.1) is 0 Å². The van der Waals surface area contributed by atoms with Gasteiger partial charge in [-0.1, -0.05) is 30.3 Å². The Hall–Kier alpha value is -2.95. The van der Waals surface area contributed by atoms with E-state index in [2.05, 4.69) is 0 Å². The number of carbonyl (C=O) groups excluding carboxylic acids is 3. The molecule has 1 aliphatic heterocycles. The Morgan fingerprint density at radius 3 is 2.32 bits per heavy atom. The largest absolute Gasteiger partial charge is 0.366 e. The molecular weight excluding hydrogens is 280 g/mol. The first-order chi connectivity index (χ1) is 10.6. The standard InChI is InChI=1S/C17H14N2O3/c18-15(20)12-6-7-13-14(10-12)17(22)19(16(13)21)9-8-11-4-2-1-3-5-11/h1-7,10H,8-9H2,(H2,18,20). The summed E-state index contributed by atoms with van der Waals surface area (Å²) in [6.45, 7) is 0.308. The highest BCUT2D eigenvalue weighted by atomic mass is 16.2. The van der Waals surface area contributed by atoms with E-state index in [-0.39, 0.29) is 22.9 Å². The molecule has 2 aromatic rings. The Morgan fingerprint density at radius 2 is 1.64 bits per heavy atom. The third-order valence-corrected chi connectivity index (χ3v) is 3.72. The molecule has 0 aromatic heterocycles. The molecule has 22 heavy (non-hydrogen) atoms. The van der Waals surface area contributed by atoms with Crippen LogP contribution in [-0.2, 0) is 6.42 Å². The van der Waals surface area contributed by atoms with E-state index in [1.54, 1.807) is 0 Å². The highest BCUT2D eigenvalue weighted by Crippen LogP contribution is 2.24. The second kappa shape index (κ2) is 5.44. The Bertz CT molecular complexity index is 769. The zero-order chi connectivity index (χ0) is 15.7. The Labute approximate surface area is 127 Å². The summed E-state index contributed by atoms with van der Waals surface area (Å²) in [5.41, 5.74) is 7.05. The molecule has 1 heterocycles. The van der Waals surface area contributed by atoms with Crippen LogP contribution >= 0.6 is 0 Å². The lowest BCUT2D eigenvalue weighted by atomic mass is 10.1. The van der Waals surface area contributed by atoms with Crippen LogP contribution in [0.5, 0.6) is 0 Å². The van der Waals surface area contributed by atoms with Gasteiger partial charge >= 0.3 is 0 Å². The lowest BCUT2D eigenvalue weighted by Gasteiger charge is -2.13. The highest BCUT2D eigenvalue weighted by Gasteiger charge is 2.35. The van der Waals surface area contributed by atoms with E-state index < -0.39 is 5.91 Å². The van der Waals surface area contributed by atoms with Crippen molar-refractivity contribution in [3.05, 3.63) is 70.8 Å². The fraction of sp³-hybridized carbons (Fsp3) is 0.118. The maximum absolute atomic E-state index is 12.4. The quantitative estimate of drug-likeness (QED) is 0.870. The van der Waals surface area contributed by atoms with Crippen LogP contribution in [0.25, 0.3) is 0 Å². The zero-order valence-corrected chi connectivity index (χ0v) is 11.8. The van der Waals surface area contributed by atoms with Gasteiger partial charge in [0.1, 0.15) is 0 Å². The molecule has 5 heteroatoms. The molecule has 0 aliphatic carbocycles. The van der Waals surface area contributed by atoms with Crippen LogP contribution < -0.4 is 5.73 Å². The van der Waals surface area contributed by atoms with E-state index in [0.717, 1.165) is 5.56 Å². The molecule has 0 saturated heterocycles. The fourth-order valence-corrected chi connectivity index (χ4v) is 2.53. The van der Waals surface area contributed by atoms with Crippen molar-refractivity contribution in [3.63, 3.8) is 0 Å². The van der Waals surface area contributed by atoms with Crippen LogP contribution in [0, 0.1) is 0 Å². The summed E-state index contributed by atoms with van der Waals surface area (Å²) in [6, 6.07) is 14.0. The highest BCUT2D eigenvalue weighted by molar-refractivity contribution is 6.22. The van der Waals surface area contributed by atoms with Crippen molar-refractivity contribution in [3.8, 4) is 0 Å². The number of nitrogens with two attached hydrogens (primary N) is 1. The Balaban J connectivity index is 1.82.